The van der Waals surface area contributed by atoms with Gasteiger partial charge in [0.15, 0.2) is 0 Å². The second kappa shape index (κ2) is 5.83. The zero-order valence-corrected chi connectivity index (χ0v) is 11.1. The Bertz CT molecular complexity index is 304. The van der Waals surface area contributed by atoms with Crippen LogP contribution in [-0.2, 0) is 6.42 Å². The van der Waals surface area contributed by atoms with Gasteiger partial charge in [-0.3, -0.25) is 4.90 Å². The standard InChI is InChI=1S/C10H12Br2FN/c1-14(7-11)5-4-8-6-9(12)2-3-10(8)13/h2-3,6H,4-5,7H2,1H3. The van der Waals surface area contributed by atoms with Crippen LogP contribution in [-0.4, -0.2) is 23.9 Å². The van der Waals surface area contributed by atoms with Gasteiger partial charge in [-0.25, -0.2) is 4.39 Å². The van der Waals surface area contributed by atoms with Gasteiger partial charge in [0.05, 0.1) is 5.45 Å². The first-order valence-corrected chi connectivity index (χ1v) is 6.23. The Kier molecular flexibility index (Phi) is 5.06. The van der Waals surface area contributed by atoms with Gasteiger partial charge in [0.1, 0.15) is 5.82 Å². The van der Waals surface area contributed by atoms with E-state index < -0.39 is 0 Å². The molecular formula is C10H12Br2FN. The van der Waals surface area contributed by atoms with Crippen LogP contribution in [0.15, 0.2) is 22.7 Å². The highest BCUT2D eigenvalue weighted by atomic mass is 79.9. The minimum atomic E-state index is -0.129. The normalized spacial score (nSPS) is 10.9. The van der Waals surface area contributed by atoms with E-state index in [1.165, 1.54) is 6.07 Å². The van der Waals surface area contributed by atoms with Crippen LogP contribution in [0.4, 0.5) is 4.39 Å². The van der Waals surface area contributed by atoms with Crippen LogP contribution >= 0.6 is 31.9 Å². The second-order valence-corrected chi connectivity index (χ2v) is 4.60. The average Bonchev–Trinajstić information content (AvgIpc) is 2.19. The number of hydrogen-bond acceptors (Lipinski definition) is 1. The third-order valence-electron chi connectivity index (χ3n) is 1.97. The van der Waals surface area contributed by atoms with E-state index in [0.717, 1.165) is 28.5 Å². The van der Waals surface area contributed by atoms with E-state index in [2.05, 4.69) is 36.8 Å². The number of benzene rings is 1. The van der Waals surface area contributed by atoms with Crippen molar-refractivity contribution in [3.05, 3.63) is 34.1 Å². The molecule has 1 aromatic rings. The molecule has 1 aromatic carbocycles. The lowest BCUT2D eigenvalue weighted by Crippen LogP contribution is -2.19. The summed E-state index contributed by atoms with van der Waals surface area (Å²) in [5.41, 5.74) is 1.56. The van der Waals surface area contributed by atoms with Crippen molar-refractivity contribution in [2.45, 2.75) is 6.42 Å². The highest BCUT2D eigenvalue weighted by molar-refractivity contribution is 9.10. The molecule has 0 saturated carbocycles. The van der Waals surface area contributed by atoms with Crippen molar-refractivity contribution in [1.29, 1.82) is 0 Å². The Morgan fingerprint density at radius 3 is 2.79 bits per heavy atom. The van der Waals surface area contributed by atoms with Gasteiger partial charge in [0.25, 0.3) is 0 Å². The summed E-state index contributed by atoms with van der Waals surface area (Å²) in [4.78, 5) is 2.08. The fourth-order valence-electron chi connectivity index (χ4n) is 1.11. The first-order valence-electron chi connectivity index (χ1n) is 4.32. The van der Waals surface area contributed by atoms with Crippen molar-refractivity contribution in [3.63, 3.8) is 0 Å². The van der Waals surface area contributed by atoms with Gasteiger partial charge in [0.2, 0.25) is 0 Å². The maximum absolute atomic E-state index is 13.3. The molecule has 0 aliphatic carbocycles. The largest absolute Gasteiger partial charge is 0.296 e. The fraction of sp³-hybridized carbons (Fsp3) is 0.400. The monoisotopic (exact) mass is 323 g/mol. The molecule has 0 radical (unpaired) electrons. The number of rotatable bonds is 4. The highest BCUT2D eigenvalue weighted by Gasteiger charge is 2.03. The summed E-state index contributed by atoms with van der Waals surface area (Å²) in [6.45, 7) is 0.846. The molecule has 0 fully saturated rings. The Morgan fingerprint density at radius 1 is 1.43 bits per heavy atom. The molecule has 0 atom stereocenters. The molecule has 0 heterocycles. The SMILES string of the molecule is CN(CBr)CCc1cc(Br)ccc1F. The summed E-state index contributed by atoms with van der Waals surface area (Å²) in [6, 6.07) is 5.04. The number of alkyl halides is 1. The molecule has 4 heteroatoms. The van der Waals surface area contributed by atoms with Gasteiger partial charge in [-0.15, -0.1) is 0 Å². The van der Waals surface area contributed by atoms with Crippen LogP contribution in [0.5, 0.6) is 0 Å². The van der Waals surface area contributed by atoms with Crippen LogP contribution in [0.1, 0.15) is 5.56 Å². The molecule has 1 nitrogen and oxygen atoms in total. The van der Waals surface area contributed by atoms with Crippen molar-refractivity contribution in [2.75, 3.05) is 19.0 Å². The van der Waals surface area contributed by atoms with E-state index in [1.54, 1.807) is 6.07 Å². The zero-order chi connectivity index (χ0) is 10.6. The van der Waals surface area contributed by atoms with Gasteiger partial charge < -0.3 is 0 Å². The maximum Gasteiger partial charge on any atom is 0.126 e. The van der Waals surface area contributed by atoms with E-state index in [1.807, 2.05) is 13.1 Å². The lowest BCUT2D eigenvalue weighted by Gasteiger charge is -2.12. The molecule has 14 heavy (non-hydrogen) atoms. The zero-order valence-electron chi connectivity index (χ0n) is 7.93. The van der Waals surface area contributed by atoms with E-state index >= 15 is 0 Å². The molecule has 0 aromatic heterocycles. The summed E-state index contributed by atoms with van der Waals surface area (Å²) < 4.78 is 14.2. The molecule has 0 N–H and O–H groups in total. The van der Waals surface area contributed by atoms with E-state index in [4.69, 9.17) is 0 Å². The molecule has 0 unspecified atom stereocenters. The molecule has 78 valence electrons. The Balaban J connectivity index is 2.62. The van der Waals surface area contributed by atoms with Crippen LogP contribution in [0, 0.1) is 5.82 Å². The molecule has 1 rings (SSSR count). The van der Waals surface area contributed by atoms with Crippen molar-refractivity contribution in [1.82, 2.24) is 4.90 Å². The Labute approximate surface area is 101 Å². The lowest BCUT2D eigenvalue weighted by atomic mass is 10.1. The first-order chi connectivity index (χ1) is 6.63. The molecule has 0 aliphatic rings. The van der Waals surface area contributed by atoms with Gasteiger partial charge in [-0.1, -0.05) is 31.9 Å². The molecule has 0 aliphatic heterocycles. The van der Waals surface area contributed by atoms with E-state index in [0.29, 0.717) is 0 Å². The van der Waals surface area contributed by atoms with Crippen LogP contribution in [0.2, 0.25) is 0 Å². The molecule has 0 spiro atoms. The van der Waals surface area contributed by atoms with Gasteiger partial charge in [0, 0.05) is 11.0 Å². The first kappa shape index (κ1) is 12.1. The van der Waals surface area contributed by atoms with E-state index in [-0.39, 0.29) is 5.82 Å². The number of likely N-dealkylation sites (N-methyl/N-ethyl adjacent to an activating group) is 1. The summed E-state index contributed by atoms with van der Waals surface area (Å²) in [5, 5.41) is 0. The minimum absolute atomic E-state index is 0.129. The number of nitrogens with zero attached hydrogens (tertiary/aromatic N) is 1. The second-order valence-electron chi connectivity index (χ2n) is 3.18. The predicted octanol–water partition coefficient (Wildman–Crippen LogP) is 3.41. The number of halogens is 3. The third-order valence-corrected chi connectivity index (χ3v) is 3.32. The minimum Gasteiger partial charge on any atom is -0.296 e. The summed E-state index contributed by atoms with van der Waals surface area (Å²) >= 11 is 6.68. The highest BCUT2D eigenvalue weighted by Crippen LogP contribution is 2.16. The van der Waals surface area contributed by atoms with Gasteiger partial charge in [-0.2, -0.15) is 0 Å². The van der Waals surface area contributed by atoms with Crippen molar-refractivity contribution >= 4 is 31.9 Å². The fourth-order valence-corrected chi connectivity index (χ4v) is 1.77. The van der Waals surface area contributed by atoms with Crippen LogP contribution in [0.25, 0.3) is 0 Å². The van der Waals surface area contributed by atoms with Crippen molar-refractivity contribution < 1.29 is 4.39 Å². The topological polar surface area (TPSA) is 3.24 Å². The third kappa shape index (κ3) is 3.67. The van der Waals surface area contributed by atoms with Crippen molar-refractivity contribution in [3.8, 4) is 0 Å². The summed E-state index contributed by atoms with van der Waals surface area (Å²) in [6.07, 6.45) is 0.730. The molecule has 0 amide bonds. The predicted molar refractivity (Wildman–Crippen MR) is 64.2 cm³/mol. The lowest BCUT2D eigenvalue weighted by molar-refractivity contribution is 0.398. The van der Waals surface area contributed by atoms with Crippen molar-refractivity contribution in [2.24, 2.45) is 0 Å². The van der Waals surface area contributed by atoms with Crippen LogP contribution in [0.3, 0.4) is 0 Å². The summed E-state index contributed by atoms with van der Waals surface area (Å²) in [5.74, 6) is -0.129. The quantitative estimate of drug-likeness (QED) is 0.606. The van der Waals surface area contributed by atoms with Gasteiger partial charge in [-0.05, 0) is 37.2 Å². The average molecular weight is 325 g/mol. The molecular weight excluding hydrogens is 313 g/mol. The number of hydrogen-bond donors (Lipinski definition) is 0. The Hall–Kier alpha value is 0.0700. The molecule has 0 saturated heterocycles. The van der Waals surface area contributed by atoms with E-state index in [9.17, 15) is 4.39 Å². The summed E-state index contributed by atoms with van der Waals surface area (Å²) in [7, 11) is 1.99. The maximum atomic E-state index is 13.3. The smallest absolute Gasteiger partial charge is 0.126 e. The molecule has 0 bridgehead atoms. The Morgan fingerprint density at radius 2 is 2.14 bits per heavy atom. The van der Waals surface area contributed by atoms with Gasteiger partial charge >= 0.3 is 0 Å². The van der Waals surface area contributed by atoms with Crippen LogP contribution < -0.4 is 0 Å².